The van der Waals surface area contributed by atoms with Gasteiger partial charge in [-0.1, -0.05) is 13.8 Å². The summed E-state index contributed by atoms with van der Waals surface area (Å²) in [5, 5.41) is 0. The summed E-state index contributed by atoms with van der Waals surface area (Å²) in [5.74, 6) is 0.804. The molecule has 0 N–H and O–H groups in total. The quantitative estimate of drug-likeness (QED) is 0.758. The number of rotatable bonds is 4. The molecule has 1 saturated carbocycles. The molecule has 7 heteroatoms. The van der Waals surface area contributed by atoms with Crippen molar-refractivity contribution in [2.24, 2.45) is 17.8 Å². The van der Waals surface area contributed by atoms with Crippen LogP contribution >= 0.6 is 0 Å². The van der Waals surface area contributed by atoms with Crippen LogP contribution in [0.4, 0.5) is 4.79 Å². The summed E-state index contributed by atoms with van der Waals surface area (Å²) in [6.45, 7) is 7.90. The van der Waals surface area contributed by atoms with Gasteiger partial charge in [-0.05, 0) is 31.6 Å². The average Bonchev–Trinajstić information content (AvgIpc) is 3.50. The highest BCUT2D eigenvalue weighted by Gasteiger charge is 2.38. The number of hydrogen-bond acceptors (Lipinski definition) is 4. The molecule has 0 aromatic rings. The second kappa shape index (κ2) is 8.27. The molecule has 7 nitrogen and oxygen atoms in total. The van der Waals surface area contributed by atoms with Crippen molar-refractivity contribution >= 4 is 17.9 Å². The number of likely N-dealkylation sites (tertiary alicyclic amines) is 1. The zero-order valence-corrected chi connectivity index (χ0v) is 16.0. The summed E-state index contributed by atoms with van der Waals surface area (Å²) in [7, 11) is 0. The van der Waals surface area contributed by atoms with Gasteiger partial charge in [0.1, 0.15) is 0 Å². The molecule has 0 radical (unpaired) electrons. The third kappa shape index (κ3) is 4.68. The topological polar surface area (TPSA) is 70.2 Å². The fraction of sp³-hybridized carbons (Fsp3) is 0.842. The van der Waals surface area contributed by atoms with Crippen LogP contribution in [0.1, 0.15) is 39.5 Å². The molecule has 1 aliphatic carbocycles. The highest BCUT2D eigenvalue weighted by Crippen LogP contribution is 2.32. The van der Waals surface area contributed by atoms with E-state index in [1.807, 2.05) is 23.6 Å². The minimum atomic E-state index is -0.287. The second-order valence-corrected chi connectivity index (χ2v) is 8.18. The first-order valence-corrected chi connectivity index (χ1v) is 9.95. The van der Waals surface area contributed by atoms with Crippen LogP contribution in [0.5, 0.6) is 0 Å². The molecule has 3 aliphatic rings. The smallest absolute Gasteiger partial charge is 0.409 e. The maximum atomic E-state index is 12.9. The Balaban J connectivity index is 1.45. The fourth-order valence-electron chi connectivity index (χ4n) is 3.66. The van der Waals surface area contributed by atoms with Gasteiger partial charge in [0, 0.05) is 45.2 Å². The van der Waals surface area contributed by atoms with Crippen LogP contribution < -0.4 is 0 Å². The summed E-state index contributed by atoms with van der Waals surface area (Å²) in [6.07, 6.45) is 3.47. The monoisotopic (exact) mass is 365 g/mol. The molecule has 0 spiro atoms. The van der Waals surface area contributed by atoms with E-state index in [-0.39, 0.29) is 29.7 Å². The molecular formula is C19H31N3O4. The van der Waals surface area contributed by atoms with Crippen molar-refractivity contribution in [2.45, 2.75) is 39.5 Å². The van der Waals surface area contributed by atoms with Gasteiger partial charge in [0.25, 0.3) is 0 Å². The van der Waals surface area contributed by atoms with E-state index in [1.54, 1.807) is 4.90 Å². The van der Waals surface area contributed by atoms with Gasteiger partial charge in [-0.25, -0.2) is 4.79 Å². The van der Waals surface area contributed by atoms with Crippen molar-refractivity contribution < 1.29 is 19.1 Å². The van der Waals surface area contributed by atoms with Crippen LogP contribution in [0.2, 0.25) is 0 Å². The Morgan fingerprint density at radius 3 is 2.08 bits per heavy atom. The number of ether oxygens (including phenoxy) is 1. The Morgan fingerprint density at radius 1 is 0.846 bits per heavy atom. The van der Waals surface area contributed by atoms with E-state index < -0.39 is 0 Å². The molecule has 3 amide bonds. The zero-order chi connectivity index (χ0) is 18.7. The third-order valence-electron chi connectivity index (χ3n) is 5.40. The largest absolute Gasteiger partial charge is 0.449 e. The van der Waals surface area contributed by atoms with Gasteiger partial charge >= 0.3 is 6.09 Å². The highest BCUT2D eigenvalue weighted by molar-refractivity contribution is 5.83. The van der Waals surface area contributed by atoms with Gasteiger partial charge < -0.3 is 19.4 Å². The lowest BCUT2D eigenvalue weighted by molar-refractivity contribution is -0.142. The minimum absolute atomic E-state index is 0.0918. The minimum Gasteiger partial charge on any atom is -0.449 e. The number of hydrogen-bond donors (Lipinski definition) is 0. The van der Waals surface area contributed by atoms with Gasteiger partial charge in [-0.3, -0.25) is 9.59 Å². The number of carbonyl (C=O) groups is 3. The van der Waals surface area contributed by atoms with Crippen LogP contribution in [-0.2, 0) is 14.3 Å². The van der Waals surface area contributed by atoms with Crippen LogP contribution in [0.25, 0.3) is 0 Å². The van der Waals surface area contributed by atoms with E-state index in [9.17, 15) is 14.4 Å². The predicted molar refractivity (Wildman–Crippen MR) is 96.4 cm³/mol. The lowest BCUT2D eigenvalue weighted by Crippen LogP contribution is -2.54. The standard InChI is InChI=1S/C19H31N3O4/c1-14(2)13-26-19(25)21-10-8-20(9-11-21)18(24)16-4-3-7-22(12-16)17(23)15-5-6-15/h14-16H,3-13H2,1-2H3. The van der Waals surface area contributed by atoms with E-state index in [2.05, 4.69) is 0 Å². The summed E-state index contributed by atoms with van der Waals surface area (Å²) in [5.41, 5.74) is 0. The zero-order valence-electron chi connectivity index (χ0n) is 16.0. The lowest BCUT2D eigenvalue weighted by Gasteiger charge is -2.38. The third-order valence-corrected chi connectivity index (χ3v) is 5.40. The summed E-state index contributed by atoms with van der Waals surface area (Å²) in [4.78, 5) is 42.6. The van der Waals surface area contributed by atoms with Crippen molar-refractivity contribution in [1.29, 1.82) is 0 Å². The number of amides is 3. The van der Waals surface area contributed by atoms with Crippen molar-refractivity contribution in [1.82, 2.24) is 14.7 Å². The Morgan fingerprint density at radius 2 is 1.46 bits per heavy atom. The van der Waals surface area contributed by atoms with E-state index in [0.717, 1.165) is 32.2 Å². The second-order valence-electron chi connectivity index (χ2n) is 8.18. The normalized spacial score (nSPS) is 24.0. The molecule has 0 aromatic heterocycles. The van der Waals surface area contributed by atoms with E-state index in [0.29, 0.717) is 45.2 Å². The molecule has 2 heterocycles. The Labute approximate surface area is 155 Å². The van der Waals surface area contributed by atoms with Crippen LogP contribution in [0.15, 0.2) is 0 Å². The molecule has 1 unspecified atom stereocenters. The summed E-state index contributed by atoms with van der Waals surface area (Å²) in [6, 6.07) is 0. The van der Waals surface area contributed by atoms with Crippen molar-refractivity contribution in [2.75, 3.05) is 45.9 Å². The van der Waals surface area contributed by atoms with Gasteiger partial charge in [-0.2, -0.15) is 0 Å². The predicted octanol–water partition coefficient (Wildman–Crippen LogP) is 1.57. The van der Waals surface area contributed by atoms with Gasteiger partial charge in [0.05, 0.1) is 12.5 Å². The molecular weight excluding hydrogens is 334 g/mol. The molecule has 3 fully saturated rings. The molecule has 2 aliphatic heterocycles. The maximum Gasteiger partial charge on any atom is 0.409 e. The first kappa shape index (κ1) is 19.0. The molecule has 0 bridgehead atoms. The molecule has 0 aromatic carbocycles. The Kier molecular flexibility index (Phi) is 6.04. The van der Waals surface area contributed by atoms with E-state index in [1.165, 1.54) is 0 Å². The number of carbonyl (C=O) groups excluding carboxylic acids is 3. The van der Waals surface area contributed by atoms with Crippen LogP contribution in [-0.4, -0.2) is 78.5 Å². The SMILES string of the molecule is CC(C)COC(=O)N1CCN(C(=O)C2CCCN(C(=O)C3CC3)C2)CC1. The molecule has 1 atom stereocenters. The van der Waals surface area contributed by atoms with Gasteiger partial charge in [0.2, 0.25) is 11.8 Å². The van der Waals surface area contributed by atoms with E-state index in [4.69, 9.17) is 4.74 Å². The average molecular weight is 365 g/mol. The van der Waals surface area contributed by atoms with Gasteiger partial charge in [-0.15, -0.1) is 0 Å². The number of nitrogens with zero attached hydrogens (tertiary/aromatic N) is 3. The summed E-state index contributed by atoms with van der Waals surface area (Å²) < 4.78 is 5.26. The number of piperidine rings is 1. The van der Waals surface area contributed by atoms with Crippen molar-refractivity contribution in [3.05, 3.63) is 0 Å². The Bertz CT molecular complexity index is 539. The van der Waals surface area contributed by atoms with Crippen molar-refractivity contribution in [3.8, 4) is 0 Å². The molecule has 3 rings (SSSR count). The highest BCUT2D eigenvalue weighted by atomic mass is 16.6. The van der Waals surface area contributed by atoms with Gasteiger partial charge in [0.15, 0.2) is 0 Å². The van der Waals surface area contributed by atoms with Crippen LogP contribution in [0.3, 0.4) is 0 Å². The number of piperazine rings is 1. The maximum absolute atomic E-state index is 12.9. The molecule has 26 heavy (non-hydrogen) atoms. The summed E-state index contributed by atoms with van der Waals surface area (Å²) >= 11 is 0. The molecule has 146 valence electrons. The fourth-order valence-corrected chi connectivity index (χ4v) is 3.66. The van der Waals surface area contributed by atoms with Crippen molar-refractivity contribution in [3.63, 3.8) is 0 Å². The molecule has 2 saturated heterocycles. The van der Waals surface area contributed by atoms with Crippen LogP contribution in [0, 0.1) is 17.8 Å². The first-order valence-electron chi connectivity index (χ1n) is 9.95. The Hall–Kier alpha value is -1.79. The first-order chi connectivity index (χ1) is 12.5. The lowest BCUT2D eigenvalue weighted by atomic mass is 9.95. The van der Waals surface area contributed by atoms with E-state index >= 15 is 0 Å².